The van der Waals surface area contributed by atoms with Gasteiger partial charge < -0.3 is 9.80 Å². The maximum absolute atomic E-state index is 13.2. The molecule has 5 heterocycles. The number of pyridine rings is 1. The number of hydrogen-bond donors (Lipinski definition) is 0. The fourth-order valence-electron chi connectivity index (χ4n) is 4.18. The molecule has 0 radical (unpaired) electrons. The Morgan fingerprint density at radius 1 is 1.07 bits per heavy atom. The molecule has 0 bridgehead atoms. The monoisotopic (exact) mass is 400 g/mol. The number of anilines is 2. The molecule has 2 saturated heterocycles. The molecule has 3 aromatic heterocycles. The predicted octanol–water partition coefficient (Wildman–Crippen LogP) is 2.12. The molecular weight excluding hydrogens is 385 g/mol. The zero-order valence-electron chi connectivity index (χ0n) is 15.1. The van der Waals surface area contributed by atoms with Gasteiger partial charge in [0.25, 0.3) is 5.82 Å². The highest BCUT2D eigenvalue weighted by Crippen LogP contribution is 2.36. The largest absolute Gasteiger partial charge is 0.453 e. The highest BCUT2D eigenvalue weighted by Gasteiger charge is 2.43. The maximum Gasteiger partial charge on any atom is 0.453 e. The van der Waals surface area contributed by atoms with Crippen molar-refractivity contribution in [3.8, 4) is 6.07 Å². The average Bonchev–Trinajstić information content (AvgIpc) is 3.40. The van der Waals surface area contributed by atoms with E-state index < -0.39 is 12.0 Å². The minimum atomic E-state index is -4.62. The number of alkyl halides is 3. The first-order valence-electron chi connectivity index (χ1n) is 9.11. The molecule has 148 valence electrons. The van der Waals surface area contributed by atoms with Gasteiger partial charge >= 0.3 is 6.18 Å². The van der Waals surface area contributed by atoms with Crippen LogP contribution in [-0.2, 0) is 6.18 Å². The Morgan fingerprint density at radius 3 is 2.62 bits per heavy atom. The highest BCUT2D eigenvalue weighted by atomic mass is 19.4. The van der Waals surface area contributed by atoms with Crippen LogP contribution in [0.5, 0.6) is 0 Å². The first-order valence-corrected chi connectivity index (χ1v) is 9.11. The Morgan fingerprint density at radius 2 is 1.90 bits per heavy atom. The third-order valence-corrected chi connectivity index (χ3v) is 5.55. The fraction of sp³-hybridized carbons (Fsp3) is 0.389. The third-order valence-electron chi connectivity index (χ3n) is 5.55. The lowest BCUT2D eigenvalue weighted by atomic mass is 10.1. The Kier molecular flexibility index (Phi) is 3.84. The van der Waals surface area contributed by atoms with E-state index in [0.717, 1.165) is 29.8 Å². The summed E-state index contributed by atoms with van der Waals surface area (Å²) in [6.45, 7) is 2.23. The van der Waals surface area contributed by atoms with Crippen molar-refractivity contribution < 1.29 is 13.2 Å². The molecule has 0 saturated carbocycles. The number of aromatic nitrogens is 5. The lowest BCUT2D eigenvalue weighted by Crippen LogP contribution is -2.36. The Bertz CT molecular complexity index is 1100. The summed E-state index contributed by atoms with van der Waals surface area (Å²) in [5.41, 5.74) is 0.563. The van der Waals surface area contributed by atoms with Crippen molar-refractivity contribution in [3.05, 3.63) is 41.9 Å². The molecular formula is C18H15F3N8. The first kappa shape index (κ1) is 17.7. The summed E-state index contributed by atoms with van der Waals surface area (Å²) in [5.74, 6) is 0.512. The minimum absolute atomic E-state index is 0.0617. The van der Waals surface area contributed by atoms with E-state index in [0.29, 0.717) is 23.8 Å². The first-order chi connectivity index (χ1) is 13.9. The molecule has 2 unspecified atom stereocenters. The van der Waals surface area contributed by atoms with Crippen molar-refractivity contribution >= 4 is 17.3 Å². The third kappa shape index (κ3) is 2.91. The van der Waals surface area contributed by atoms with Crippen LogP contribution in [-0.4, -0.2) is 50.5 Å². The van der Waals surface area contributed by atoms with Crippen LogP contribution in [0.1, 0.15) is 17.8 Å². The topological polar surface area (TPSA) is 86.2 Å². The lowest BCUT2D eigenvalue weighted by Gasteiger charge is -2.26. The van der Waals surface area contributed by atoms with Gasteiger partial charge in [0.2, 0.25) is 0 Å². The van der Waals surface area contributed by atoms with Crippen molar-refractivity contribution in [3.63, 3.8) is 0 Å². The summed E-state index contributed by atoms with van der Waals surface area (Å²) in [5, 5.41) is 19.9. The number of rotatable bonds is 2. The molecule has 5 rings (SSSR count). The van der Waals surface area contributed by atoms with Crippen LogP contribution in [0.4, 0.5) is 24.8 Å². The van der Waals surface area contributed by atoms with Gasteiger partial charge in [-0.05, 0) is 30.7 Å². The van der Waals surface area contributed by atoms with Gasteiger partial charge in [0, 0.05) is 31.7 Å². The molecule has 2 fully saturated rings. The van der Waals surface area contributed by atoms with Gasteiger partial charge in [-0.15, -0.1) is 15.3 Å². The van der Waals surface area contributed by atoms with E-state index in [1.54, 1.807) is 18.3 Å². The maximum atomic E-state index is 13.2. The van der Waals surface area contributed by atoms with Gasteiger partial charge in [-0.3, -0.25) is 0 Å². The van der Waals surface area contributed by atoms with E-state index in [1.807, 2.05) is 11.0 Å². The Balaban J connectivity index is 1.42. The molecule has 0 amide bonds. The average molecular weight is 400 g/mol. The molecule has 29 heavy (non-hydrogen) atoms. The van der Waals surface area contributed by atoms with Gasteiger partial charge in [-0.1, -0.05) is 0 Å². The predicted molar refractivity (Wildman–Crippen MR) is 96.2 cm³/mol. The summed E-state index contributed by atoms with van der Waals surface area (Å²) in [7, 11) is 0. The Hall–Kier alpha value is -3.42. The van der Waals surface area contributed by atoms with Crippen LogP contribution in [0.25, 0.3) is 5.65 Å². The van der Waals surface area contributed by atoms with Crippen molar-refractivity contribution in [2.45, 2.75) is 18.6 Å². The molecule has 0 aromatic carbocycles. The van der Waals surface area contributed by atoms with Gasteiger partial charge in [0.1, 0.15) is 17.7 Å². The number of fused-ring (bicyclic) bond motifs is 2. The van der Waals surface area contributed by atoms with E-state index in [9.17, 15) is 13.2 Å². The molecule has 2 aliphatic rings. The number of halogens is 3. The minimum Gasteiger partial charge on any atom is -0.354 e. The highest BCUT2D eigenvalue weighted by molar-refractivity contribution is 5.51. The van der Waals surface area contributed by atoms with Gasteiger partial charge in [-0.25, -0.2) is 4.98 Å². The van der Waals surface area contributed by atoms with Crippen molar-refractivity contribution in [2.75, 3.05) is 29.4 Å². The molecule has 2 atom stereocenters. The van der Waals surface area contributed by atoms with E-state index >= 15 is 0 Å². The summed E-state index contributed by atoms with van der Waals surface area (Å²) in [6.07, 6.45) is -2.16. The molecule has 0 N–H and O–H groups in total. The van der Waals surface area contributed by atoms with Crippen LogP contribution < -0.4 is 9.80 Å². The van der Waals surface area contributed by atoms with Gasteiger partial charge in [-0.2, -0.15) is 22.9 Å². The zero-order valence-corrected chi connectivity index (χ0v) is 15.1. The quantitative estimate of drug-likeness (QED) is 0.651. The summed E-state index contributed by atoms with van der Waals surface area (Å²) in [4.78, 5) is 8.54. The second-order valence-corrected chi connectivity index (χ2v) is 7.21. The van der Waals surface area contributed by atoms with Crippen molar-refractivity contribution in [1.82, 2.24) is 24.8 Å². The van der Waals surface area contributed by atoms with Crippen LogP contribution in [0, 0.1) is 17.2 Å². The van der Waals surface area contributed by atoms with Crippen molar-refractivity contribution in [1.29, 1.82) is 5.26 Å². The molecule has 0 aliphatic carbocycles. The van der Waals surface area contributed by atoms with Crippen LogP contribution >= 0.6 is 0 Å². The van der Waals surface area contributed by atoms with E-state index in [1.165, 1.54) is 6.07 Å². The second kappa shape index (κ2) is 6.30. The molecule has 2 aliphatic heterocycles. The number of nitrogens with zero attached hydrogens (tertiary/aromatic N) is 8. The SMILES string of the molecule is N#Cc1ccc(N2CC3CCN(c4ccc5nnc(C(F)(F)F)n5n4)C3C2)nc1. The smallest absolute Gasteiger partial charge is 0.354 e. The van der Waals surface area contributed by atoms with Gasteiger partial charge in [0.15, 0.2) is 5.65 Å². The van der Waals surface area contributed by atoms with Crippen LogP contribution in [0.2, 0.25) is 0 Å². The molecule has 8 nitrogen and oxygen atoms in total. The fourth-order valence-corrected chi connectivity index (χ4v) is 4.18. The second-order valence-electron chi connectivity index (χ2n) is 7.21. The van der Waals surface area contributed by atoms with Crippen LogP contribution in [0.15, 0.2) is 30.5 Å². The van der Waals surface area contributed by atoms with E-state index in [4.69, 9.17) is 5.26 Å². The molecule has 11 heteroatoms. The van der Waals surface area contributed by atoms with Gasteiger partial charge in [0.05, 0.1) is 11.6 Å². The number of hydrogen-bond acceptors (Lipinski definition) is 7. The normalized spacial score (nSPS) is 21.6. The van der Waals surface area contributed by atoms with Crippen LogP contribution in [0.3, 0.4) is 0 Å². The summed E-state index contributed by atoms with van der Waals surface area (Å²) >= 11 is 0. The summed E-state index contributed by atoms with van der Waals surface area (Å²) in [6, 6.07) is 8.93. The van der Waals surface area contributed by atoms with E-state index in [2.05, 4.69) is 31.2 Å². The zero-order chi connectivity index (χ0) is 20.2. The van der Waals surface area contributed by atoms with E-state index in [-0.39, 0.29) is 11.7 Å². The standard InChI is InChI=1S/C18H15F3N8/c19-18(20,21)17-25-24-15-3-4-16(26-29(15)17)28-6-5-12-9-27(10-13(12)28)14-2-1-11(7-22)8-23-14/h1-4,8,12-13H,5-6,9-10H2. The van der Waals surface area contributed by atoms with Crippen molar-refractivity contribution in [2.24, 2.45) is 5.92 Å². The summed E-state index contributed by atoms with van der Waals surface area (Å²) < 4.78 is 40.2. The molecule has 3 aromatic rings. The number of nitriles is 1. The Labute approximate surface area is 163 Å². The lowest BCUT2D eigenvalue weighted by molar-refractivity contribution is -0.146. The molecule has 0 spiro atoms.